The summed E-state index contributed by atoms with van der Waals surface area (Å²) in [6, 6.07) is 10.9. The largest absolute Gasteiger partial charge is 0.422 e. The summed E-state index contributed by atoms with van der Waals surface area (Å²) < 4.78 is 5.54. The molecule has 3 aromatic rings. The molecule has 0 spiro atoms. The lowest BCUT2D eigenvalue weighted by Crippen LogP contribution is -2.38. The van der Waals surface area contributed by atoms with Gasteiger partial charge in [0, 0.05) is 4.88 Å². The van der Waals surface area contributed by atoms with Gasteiger partial charge in [0.25, 0.3) is 5.91 Å². The number of carbonyl (C=O) groups excluding carboxylic acids is 2. The van der Waals surface area contributed by atoms with Gasteiger partial charge in [-0.3, -0.25) is 4.79 Å². The van der Waals surface area contributed by atoms with Crippen LogP contribution in [0.15, 0.2) is 41.8 Å². The molecule has 1 aromatic carbocycles. The normalized spacial score (nSPS) is 19.8. The lowest BCUT2D eigenvalue weighted by molar-refractivity contribution is 0.0739. The van der Waals surface area contributed by atoms with Gasteiger partial charge >= 0.3 is 5.97 Å². The summed E-state index contributed by atoms with van der Waals surface area (Å²) >= 11 is 3.08. The van der Waals surface area contributed by atoms with E-state index in [-0.39, 0.29) is 18.0 Å². The molecular weight excluding hydrogens is 452 g/mol. The van der Waals surface area contributed by atoms with Gasteiger partial charge in [0.05, 0.1) is 5.56 Å². The molecule has 0 saturated carbocycles. The first-order valence-electron chi connectivity index (χ1n) is 11.4. The average Bonchev–Trinajstić information content (AvgIpc) is 3.47. The number of carbonyl (C=O) groups is 2. The Bertz CT molecular complexity index is 1200. The highest BCUT2D eigenvalue weighted by Crippen LogP contribution is 2.47. The van der Waals surface area contributed by atoms with Crippen molar-refractivity contribution in [2.24, 2.45) is 11.3 Å². The SMILES string of the molecule is CCC(C)(C)C1CCc2c(sc3c2C(=O)NC(c2cccc(OC(=O)c4cccs4)c2)N3)C1. The van der Waals surface area contributed by atoms with Gasteiger partial charge in [-0.05, 0) is 65.3 Å². The van der Waals surface area contributed by atoms with Crippen LogP contribution in [0.4, 0.5) is 5.00 Å². The van der Waals surface area contributed by atoms with Crippen molar-refractivity contribution in [1.29, 1.82) is 0 Å². The van der Waals surface area contributed by atoms with Crippen LogP contribution in [0.25, 0.3) is 0 Å². The van der Waals surface area contributed by atoms with Crippen LogP contribution in [0, 0.1) is 11.3 Å². The molecule has 1 aliphatic carbocycles. The van der Waals surface area contributed by atoms with Gasteiger partial charge in [-0.2, -0.15) is 0 Å². The van der Waals surface area contributed by atoms with Gasteiger partial charge in [0.1, 0.15) is 21.8 Å². The second-order valence-electron chi connectivity index (χ2n) is 9.48. The van der Waals surface area contributed by atoms with Crippen molar-refractivity contribution in [2.75, 3.05) is 5.32 Å². The van der Waals surface area contributed by atoms with Crippen LogP contribution in [0.2, 0.25) is 0 Å². The van der Waals surface area contributed by atoms with E-state index in [1.54, 1.807) is 23.5 Å². The van der Waals surface area contributed by atoms with E-state index >= 15 is 0 Å². The number of benzene rings is 1. The van der Waals surface area contributed by atoms with E-state index in [4.69, 9.17) is 4.74 Å². The minimum Gasteiger partial charge on any atom is -0.422 e. The van der Waals surface area contributed by atoms with E-state index in [2.05, 4.69) is 31.4 Å². The number of hydrogen-bond donors (Lipinski definition) is 2. The quantitative estimate of drug-likeness (QED) is 0.326. The number of fused-ring (bicyclic) bond motifs is 3. The van der Waals surface area contributed by atoms with Crippen LogP contribution < -0.4 is 15.4 Å². The molecule has 0 fully saturated rings. The van der Waals surface area contributed by atoms with Crippen molar-refractivity contribution in [3.63, 3.8) is 0 Å². The monoisotopic (exact) mass is 480 g/mol. The summed E-state index contributed by atoms with van der Waals surface area (Å²) in [6.07, 6.45) is 3.93. The van der Waals surface area contributed by atoms with Crippen LogP contribution in [0.5, 0.6) is 5.75 Å². The highest BCUT2D eigenvalue weighted by Gasteiger charge is 2.37. The zero-order valence-electron chi connectivity index (χ0n) is 19.1. The molecule has 172 valence electrons. The van der Waals surface area contributed by atoms with Crippen molar-refractivity contribution in [3.8, 4) is 5.75 Å². The van der Waals surface area contributed by atoms with Gasteiger partial charge in [0.2, 0.25) is 0 Å². The second-order valence-corrected chi connectivity index (χ2v) is 11.5. The number of nitrogens with one attached hydrogen (secondary N) is 2. The lowest BCUT2D eigenvalue weighted by atomic mass is 9.69. The van der Waals surface area contributed by atoms with Crippen LogP contribution in [-0.4, -0.2) is 11.9 Å². The van der Waals surface area contributed by atoms with Crippen molar-refractivity contribution >= 4 is 39.6 Å². The Balaban J connectivity index is 1.36. The molecule has 1 aliphatic heterocycles. The summed E-state index contributed by atoms with van der Waals surface area (Å²) in [5.74, 6) is 0.701. The van der Waals surface area contributed by atoms with E-state index < -0.39 is 0 Å². The van der Waals surface area contributed by atoms with E-state index in [0.717, 1.165) is 41.8 Å². The molecule has 5 nitrogen and oxygen atoms in total. The van der Waals surface area contributed by atoms with Crippen molar-refractivity contribution in [3.05, 3.63) is 68.2 Å². The maximum absolute atomic E-state index is 13.1. The summed E-state index contributed by atoms with van der Waals surface area (Å²) in [5, 5.41) is 9.42. The van der Waals surface area contributed by atoms with Crippen molar-refractivity contribution in [1.82, 2.24) is 5.32 Å². The molecule has 33 heavy (non-hydrogen) atoms. The van der Waals surface area contributed by atoms with Crippen LogP contribution in [0.3, 0.4) is 0 Å². The zero-order chi connectivity index (χ0) is 23.2. The predicted octanol–water partition coefficient (Wildman–Crippen LogP) is 6.42. The molecule has 2 N–H and O–H groups in total. The molecule has 0 bridgehead atoms. The summed E-state index contributed by atoms with van der Waals surface area (Å²) in [4.78, 5) is 27.3. The lowest BCUT2D eigenvalue weighted by Gasteiger charge is -2.36. The Morgan fingerprint density at radius 3 is 2.82 bits per heavy atom. The number of rotatable bonds is 5. The van der Waals surface area contributed by atoms with Crippen molar-refractivity contribution in [2.45, 2.75) is 52.6 Å². The number of anilines is 1. The third kappa shape index (κ3) is 4.20. The third-order valence-electron chi connectivity index (χ3n) is 7.18. The molecule has 1 amide bonds. The number of ether oxygens (including phenoxy) is 1. The third-order valence-corrected chi connectivity index (χ3v) is 9.22. The Labute approximate surface area is 202 Å². The van der Waals surface area contributed by atoms with Gasteiger partial charge in [0.15, 0.2) is 0 Å². The van der Waals surface area contributed by atoms with Gasteiger partial charge in [-0.1, -0.05) is 45.4 Å². The first kappa shape index (κ1) is 22.2. The fourth-order valence-corrected chi connectivity index (χ4v) is 6.68. The molecule has 7 heteroatoms. The molecule has 3 heterocycles. The van der Waals surface area contributed by atoms with Gasteiger partial charge in [-0.15, -0.1) is 22.7 Å². The summed E-state index contributed by atoms with van der Waals surface area (Å²) in [5.41, 5.74) is 3.20. The summed E-state index contributed by atoms with van der Waals surface area (Å²) in [6.45, 7) is 6.98. The Hall–Kier alpha value is -2.64. The number of esters is 1. The first-order chi connectivity index (χ1) is 15.9. The molecule has 0 saturated heterocycles. The van der Waals surface area contributed by atoms with Crippen LogP contribution >= 0.6 is 22.7 Å². The summed E-state index contributed by atoms with van der Waals surface area (Å²) in [7, 11) is 0. The molecule has 2 aliphatic rings. The number of hydrogen-bond acceptors (Lipinski definition) is 6. The van der Waals surface area contributed by atoms with Gasteiger partial charge in [-0.25, -0.2) is 4.79 Å². The average molecular weight is 481 g/mol. The molecule has 5 rings (SSSR count). The highest BCUT2D eigenvalue weighted by atomic mass is 32.1. The molecular formula is C26H28N2O3S2. The molecule has 2 unspecified atom stereocenters. The second kappa shape index (κ2) is 8.61. The molecule has 0 radical (unpaired) electrons. The van der Waals surface area contributed by atoms with Crippen LogP contribution in [0.1, 0.15) is 75.8 Å². The maximum atomic E-state index is 13.1. The van der Waals surface area contributed by atoms with Gasteiger partial charge < -0.3 is 15.4 Å². The molecule has 2 aromatic heterocycles. The Kier molecular flexibility index (Phi) is 5.79. The van der Waals surface area contributed by atoms with E-state index in [1.165, 1.54) is 21.8 Å². The predicted molar refractivity (Wildman–Crippen MR) is 133 cm³/mol. The Morgan fingerprint density at radius 2 is 2.06 bits per heavy atom. The minimum absolute atomic E-state index is 0.0274. The number of thiophene rings is 2. The van der Waals surface area contributed by atoms with E-state index in [1.807, 2.05) is 29.6 Å². The highest BCUT2D eigenvalue weighted by molar-refractivity contribution is 7.16. The standard InChI is InChI=1S/C26H28N2O3S2/c1-4-26(2,3)16-10-11-18-20(14-16)33-24-21(18)23(29)27-22(28-24)15-7-5-8-17(13-15)31-25(30)19-9-6-12-32-19/h5-9,12-13,16,22,28H,4,10-11,14H2,1-3H3,(H,27,29). The zero-order valence-corrected chi connectivity index (χ0v) is 20.7. The maximum Gasteiger partial charge on any atom is 0.353 e. The minimum atomic E-state index is -0.374. The van der Waals surface area contributed by atoms with Crippen LogP contribution in [-0.2, 0) is 12.8 Å². The van der Waals surface area contributed by atoms with E-state index in [0.29, 0.717) is 22.0 Å². The number of amides is 1. The Morgan fingerprint density at radius 1 is 1.21 bits per heavy atom. The molecule has 2 atom stereocenters. The fourth-order valence-electron chi connectivity index (χ4n) is 4.73. The first-order valence-corrected chi connectivity index (χ1v) is 13.1. The smallest absolute Gasteiger partial charge is 0.353 e. The topological polar surface area (TPSA) is 67.4 Å². The fraction of sp³-hybridized carbons (Fsp3) is 0.385. The van der Waals surface area contributed by atoms with E-state index in [9.17, 15) is 9.59 Å². The van der Waals surface area contributed by atoms with Crippen molar-refractivity contribution < 1.29 is 14.3 Å².